The molecule has 0 aromatic carbocycles. The van der Waals surface area contributed by atoms with Gasteiger partial charge in [0.25, 0.3) is 0 Å². The number of rotatable bonds is 3. The molecule has 0 heterocycles. The molecule has 1 heteroatoms. The Bertz CT molecular complexity index is 156. The van der Waals surface area contributed by atoms with Gasteiger partial charge in [0.2, 0.25) is 0 Å². The topological polar surface area (TPSA) is 0 Å². The van der Waals surface area contributed by atoms with Crippen LogP contribution in [0.15, 0.2) is 11.6 Å². The number of hydrogen-bond donors (Lipinski definition) is 0. The molecule has 0 aromatic rings. The zero-order valence-electron chi connectivity index (χ0n) is 8.15. The van der Waals surface area contributed by atoms with Crippen LogP contribution in [-0.4, -0.2) is 5.38 Å². The molecule has 0 radical (unpaired) electrons. The maximum atomic E-state index is 6.09. The molecule has 1 rings (SSSR count). The van der Waals surface area contributed by atoms with Crippen LogP contribution in [0.25, 0.3) is 0 Å². The Labute approximate surface area is 81.0 Å². The van der Waals surface area contributed by atoms with Gasteiger partial charge in [0.1, 0.15) is 0 Å². The Hall–Kier alpha value is 0.0300. The quantitative estimate of drug-likeness (QED) is 0.459. The summed E-state index contributed by atoms with van der Waals surface area (Å²) in [6.07, 6.45) is 8.58. The van der Waals surface area contributed by atoms with Crippen molar-refractivity contribution < 1.29 is 0 Å². The maximum Gasteiger partial charge on any atom is 0.0518 e. The average Bonchev–Trinajstić information content (AvgIpc) is 2.07. The van der Waals surface area contributed by atoms with Crippen molar-refractivity contribution in [3.8, 4) is 0 Å². The van der Waals surface area contributed by atoms with Gasteiger partial charge in [-0.1, -0.05) is 25.5 Å². The fraction of sp³-hybridized carbons (Fsp3) is 0.818. The third-order valence-corrected chi connectivity index (χ3v) is 3.19. The maximum absolute atomic E-state index is 6.09. The SMILES string of the molecule is CCC(CC)C1=CC(Cl)CCC1. The zero-order valence-corrected chi connectivity index (χ0v) is 8.90. The van der Waals surface area contributed by atoms with E-state index in [4.69, 9.17) is 11.6 Å². The van der Waals surface area contributed by atoms with Crippen LogP contribution in [0.3, 0.4) is 0 Å². The Morgan fingerprint density at radius 1 is 1.50 bits per heavy atom. The predicted octanol–water partition coefficient (Wildman–Crippen LogP) is 4.14. The molecule has 0 amide bonds. The van der Waals surface area contributed by atoms with Gasteiger partial charge < -0.3 is 0 Å². The molecule has 1 unspecified atom stereocenters. The van der Waals surface area contributed by atoms with E-state index in [1.807, 2.05) is 0 Å². The smallest absolute Gasteiger partial charge is 0.0518 e. The average molecular weight is 187 g/mol. The van der Waals surface area contributed by atoms with Crippen molar-refractivity contribution in [3.05, 3.63) is 11.6 Å². The monoisotopic (exact) mass is 186 g/mol. The molecule has 0 fully saturated rings. The van der Waals surface area contributed by atoms with Gasteiger partial charge in [-0.15, -0.1) is 11.6 Å². The van der Waals surface area contributed by atoms with Crippen LogP contribution >= 0.6 is 11.6 Å². The standard InChI is InChI=1S/C11H19Cl/c1-3-9(4-2)10-6-5-7-11(12)8-10/h8-9,11H,3-7H2,1-2H3. The second-order valence-corrected chi connectivity index (χ2v) is 4.22. The minimum atomic E-state index is 0.314. The Kier molecular flexibility index (Phi) is 4.14. The van der Waals surface area contributed by atoms with Crippen LogP contribution in [0, 0.1) is 5.92 Å². The first-order chi connectivity index (χ1) is 5.77. The van der Waals surface area contributed by atoms with Crippen molar-refractivity contribution in [1.29, 1.82) is 0 Å². The number of alkyl halides is 1. The molecule has 0 aliphatic heterocycles. The molecular weight excluding hydrogens is 168 g/mol. The molecule has 0 saturated heterocycles. The van der Waals surface area contributed by atoms with E-state index in [1.165, 1.54) is 32.1 Å². The van der Waals surface area contributed by atoms with Crippen LogP contribution in [0.2, 0.25) is 0 Å². The summed E-state index contributed by atoms with van der Waals surface area (Å²) in [6.45, 7) is 4.54. The summed E-state index contributed by atoms with van der Waals surface area (Å²) >= 11 is 6.09. The molecule has 70 valence electrons. The van der Waals surface area contributed by atoms with Gasteiger partial charge in [-0.25, -0.2) is 0 Å². The van der Waals surface area contributed by atoms with Crippen molar-refractivity contribution in [2.45, 2.75) is 51.3 Å². The molecule has 1 atom stereocenters. The summed E-state index contributed by atoms with van der Waals surface area (Å²) in [7, 11) is 0. The molecule has 0 N–H and O–H groups in total. The van der Waals surface area contributed by atoms with Crippen LogP contribution in [0.4, 0.5) is 0 Å². The van der Waals surface area contributed by atoms with E-state index in [0.29, 0.717) is 5.38 Å². The van der Waals surface area contributed by atoms with Gasteiger partial charge in [0, 0.05) is 0 Å². The predicted molar refractivity (Wildman–Crippen MR) is 55.6 cm³/mol. The molecular formula is C11H19Cl. The lowest BCUT2D eigenvalue weighted by Crippen LogP contribution is -2.10. The first-order valence-corrected chi connectivity index (χ1v) is 5.56. The molecule has 0 aromatic heterocycles. The van der Waals surface area contributed by atoms with Gasteiger partial charge in [0.15, 0.2) is 0 Å². The van der Waals surface area contributed by atoms with Gasteiger partial charge in [0.05, 0.1) is 5.38 Å². The van der Waals surface area contributed by atoms with Crippen molar-refractivity contribution in [2.24, 2.45) is 5.92 Å². The molecule has 0 nitrogen and oxygen atoms in total. The molecule has 0 bridgehead atoms. The summed E-state index contributed by atoms with van der Waals surface area (Å²) < 4.78 is 0. The first kappa shape index (κ1) is 10.1. The fourth-order valence-electron chi connectivity index (χ4n) is 2.05. The summed E-state index contributed by atoms with van der Waals surface area (Å²) in [5.41, 5.74) is 1.62. The molecule has 12 heavy (non-hydrogen) atoms. The van der Waals surface area contributed by atoms with Crippen molar-refractivity contribution in [2.75, 3.05) is 0 Å². The Morgan fingerprint density at radius 3 is 2.67 bits per heavy atom. The van der Waals surface area contributed by atoms with Gasteiger partial charge in [-0.3, -0.25) is 0 Å². The van der Waals surface area contributed by atoms with Crippen molar-refractivity contribution >= 4 is 11.6 Å². The molecule has 0 saturated carbocycles. The van der Waals surface area contributed by atoms with E-state index in [-0.39, 0.29) is 0 Å². The van der Waals surface area contributed by atoms with E-state index < -0.39 is 0 Å². The van der Waals surface area contributed by atoms with Gasteiger partial charge in [-0.2, -0.15) is 0 Å². The third-order valence-electron chi connectivity index (χ3n) is 2.85. The highest BCUT2D eigenvalue weighted by Crippen LogP contribution is 2.30. The lowest BCUT2D eigenvalue weighted by atomic mass is 9.86. The molecule has 1 aliphatic carbocycles. The normalized spacial score (nSPS) is 24.3. The van der Waals surface area contributed by atoms with Crippen LogP contribution in [0.5, 0.6) is 0 Å². The van der Waals surface area contributed by atoms with E-state index in [2.05, 4.69) is 19.9 Å². The number of allylic oxidation sites excluding steroid dienone is 2. The van der Waals surface area contributed by atoms with Gasteiger partial charge >= 0.3 is 0 Å². The minimum Gasteiger partial charge on any atom is -0.118 e. The summed E-state index contributed by atoms with van der Waals surface area (Å²) in [6, 6.07) is 0. The summed E-state index contributed by atoms with van der Waals surface area (Å²) in [5.74, 6) is 0.798. The largest absolute Gasteiger partial charge is 0.118 e. The van der Waals surface area contributed by atoms with E-state index in [1.54, 1.807) is 5.57 Å². The molecule has 1 aliphatic rings. The highest BCUT2D eigenvalue weighted by Gasteiger charge is 2.16. The highest BCUT2D eigenvalue weighted by molar-refractivity contribution is 6.21. The van der Waals surface area contributed by atoms with Crippen LogP contribution < -0.4 is 0 Å². The third kappa shape index (κ3) is 2.52. The number of halogens is 1. The van der Waals surface area contributed by atoms with Crippen molar-refractivity contribution in [1.82, 2.24) is 0 Å². The first-order valence-electron chi connectivity index (χ1n) is 5.12. The van der Waals surface area contributed by atoms with Crippen molar-refractivity contribution in [3.63, 3.8) is 0 Å². The second kappa shape index (κ2) is 4.91. The highest BCUT2D eigenvalue weighted by atomic mass is 35.5. The summed E-state index contributed by atoms with van der Waals surface area (Å²) in [5, 5.41) is 0.314. The Balaban J connectivity index is 2.58. The zero-order chi connectivity index (χ0) is 8.97. The van der Waals surface area contributed by atoms with E-state index in [9.17, 15) is 0 Å². The molecule has 0 spiro atoms. The lowest BCUT2D eigenvalue weighted by Gasteiger charge is -2.22. The Morgan fingerprint density at radius 2 is 2.17 bits per heavy atom. The van der Waals surface area contributed by atoms with E-state index >= 15 is 0 Å². The van der Waals surface area contributed by atoms with Crippen LogP contribution in [0.1, 0.15) is 46.0 Å². The number of hydrogen-bond acceptors (Lipinski definition) is 0. The lowest BCUT2D eigenvalue weighted by molar-refractivity contribution is 0.522. The van der Waals surface area contributed by atoms with Crippen LogP contribution in [-0.2, 0) is 0 Å². The van der Waals surface area contributed by atoms with Gasteiger partial charge in [-0.05, 0) is 38.0 Å². The summed E-state index contributed by atoms with van der Waals surface area (Å²) in [4.78, 5) is 0. The second-order valence-electron chi connectivity index (χ2n) is 3.66. The van der Waals surface area contributed by atoms with E-state index in [0.717, 1.165) is 5.92 Å². The fourth-order valence-corrected chi connectivity index (χ4v) is 2.37. The minimum absolute atomic E-state index is 0.314.